The van der Waals surface area contributed by atoms with E-state index in [9.17, 15) is 10.1 Å². The molecule has 1 rings (SSSR count). The van der Waals surface area contributed by atoms with E-state index in [0.29, 0.717) is 12.2 Å². The molecule has 0 aromatic heterocycles. The molecule has 0 radical (unpaired) electrons. The number of benzene rings is 1. The second kappa shape index (κ2) is 5.82. The van der Waals surface area contributed by atoms with Crippen molar-refractivity contribution in [2.45, 2.75) is 33.2 Å². The first-order valence-electron chi connectivity index (χ1n) is 6.03. The van der Waals surface area contributed by atoms with Crippen molar-refractivity contribution in [3.8, 4) is 0 Å². The van der Waals surface area contributed by atoms with Crippen LogP contribution in [0.1, 0.15) is 26.3 Å². The van der Waals surface area contributed by atoms with Crippen LogP contribution >= 0.6 is 0 Å². The van der Waals surface area contributed by atoms with Crippen molar-refractivity contribution < 1.29 is 4.92 Å². The lowest BCUT2D eigenvalue weighted by Crippen LogP contribution is -2.38. The van der Waals surface area contributed by atoms with Crippen LogP contribution in [-0.4, -0.2) is 23.6 Å². The van der Waals surface area contributed by atoms with Crippen molar-refractivity contribution in [1.82, 2.24) is 5.32 Å². The summed E-state index contributed by atoms with van der Waals surface area (Å²) in [6.45, 7) is 9.59. The van der Waals surface area contributed by atoms with Crippen LogP contribution in [-0.2, 0) is 0 Å². The van der Waals surface area contributed by atoms with E-state index in [4.69, 9.17) is 0 Å². The van der Waals surface area contributed by atoms with E-state index in [2.05, 4.69) is 31.4 Å². The molecule has 0 amide bonds. The van der Waals surface area contributed by atoms with Crippen LogP contribution < -0.4 is 10.6 Å². The minimum atomic E-state index is -0.362. The number of hydrogen-bond acceptors (Lipinski definition) is 4. The van der Waals surface area contributed by atoms with E-state index in [0.717, 1.165) is 12.1 Å². The normalized spacial score (nSPS) is 11.3. The molecule has 0 aliphatic heterocycles. The van der Waals surface area contributed by atoms with E-state index in [1.165, 1.54) is 6.07 Å². The third-order valence-corrected chi connectivity index (χ3v) is 2.44. The Morgan fingerprint density at radius 3 is 2.50 bits per heavy atom. The average molecular weight is 251 g/mol. The van der Waals surface area contributed by atoms with E-state index < -0.39 is 0 Å². The molecule has 5 heteroatoms. The second-order valence-electron chi connectivity index (χ2n) is 5.38. The standard InChI is InChI=1S/C13H21N3O2/c1-10-5-6-12(16(17)18)11(9-10)14-7-8-15-13(2,3)4/h5-6,9,14-15H,7-8H2,1-4H3. The molecule has 1 aromatic rings. The van der Waals surface area contributed by atoms with Crippen LogP contribution in [0, 0.1) is 17.0 Å². The Hall–Kier alpha value is -1.62. The summed E-state index contributed by atoms with van der Waals surface area (Å²) in [5.74, 6) is 0. The molecular formula is C13H21N3O2. The summed E-state index contributed by atoms with van der Waals surface area (Å²) >= 11 is 0. The molecule has 2 N–H and O–H groups in total. The van der Waals surface area contributed by atoms with Crippen molar-refractivity contribution in [2.24, 2.45) is 0 Å². The molecule has 0 heterocycles. The fourth-order valence-corrected chi connectivity index (χ4v) is 1.59. The highest BCUT2D eigenvalue weighted by molar-refractivity contribution is 5.62. The predicted molar refractivity (Wildman–Crippen MR) is 74.1 cm³/mol. The van der Waals surface area contributed by atoms with E-state index >= 15 is 0 Å². The van der Waals surface area contributed by atoms with Gasteiger partial charge in [0.25, 0.3) is 5.69 Å². The van der Waals surface area contributed by atoms with E-state index in [1.54, 1.807) is 12.1 Å². The lowest BCUT2D eigenvalue weighted by molar-refractivity contribution is -0.384. The fourth-order valence-electron chi connectivity index (χ4n) is 1.59. The molecule has 0 aliphatic carbocycles. The Morgan fingerprint density at radius 2 is 1.94 bits per heavy atom. The number of nitro groups is 1. The summed E-state index contributed by atoms with van der Waals surface area (Å²) in [7, 11) is 0. The number of rotatable bonds is 5. The number of nitrogens with zero attached hydrogens (tertiary/aromatic N) is 1. The van der Waals surface area contributed by atoms with Crippen molar-refractivity contribution >= 4 is 11.4 Å². The van der Waals surface area contributed by atoms with Gasteiger partial charge in [-0.05, 0) is 39.3 Å². The first-order chi connectivity index (χ1) is 8.29. The lowest BCUT2D eigenvalue weighted by Gasteiger charge is -2.20. The van der Waals surface area contributed by atoms with Gasteiger partial charge in [0.2, 0.25) is 0 Å². The maximum Gasteiger partial charge on any atom is 0.292 e. The molecule has 0 spiro atoms. The van der Waals surface area contributed by atoms with Gasteiger partial charge in [0.05, 0.1) is 4.92 Å². The molecule has 18 heavy (non-hydrogen) atoms. The lowest BCUT2D eigenvalue weighted by atomic mass is 10.1. The van der Waals surface area contributed by atoms with Crippen molar-refractivity contribution in [3.63, 3.8) is 0 Å². The number of nitro benzene ring substituents is 1. The highest BCUT2D eigenvalue weighted by Gasteiger charge is 2.13. The molecule has 0 bridgehead atoms. The maximum absolute atomic E-state index is 10.9. The summed E-state index contributed by atoms with van der Waals surface area (Å²) in [6, 6.07) is 5.08. The van der Waals surface area contributed by atoms with Crippen molar-refractivity contribution in [2.75, 3.05) is 18.4 Å². The van der Waals surface area contributed by atoms with Gasteiger partial charge >= 0.3 is 0 Å². The molecular weight excluding hydrogens is 230 g/mol. The van der Waals surface area contributed by atoms with Gasteiger partial charge in [-0.2, -0.15) is 0 Å². The van der Waals surface area contributed by atoms with Gasteiger partial charge in [0.1, 0.15) is 5.69 Å². The third-order valence-electron chi connectivity index (χ3n) is 2.44. The smallest absolute Gasteiger partial charge is 0.292 e. The Balaban J connectivity index is 2.61. The minimum absolute atomic E-state index is 0.0558. The first-order valence-corrected chi connectivity index (χ1v) is 6.03. The summed E-state index contributed by atoms with van der Waals surface area (Å²) in [5.41, 5.74) is 1.76. The van der Waals surface area contributed by atoms with Gasteiger partial charge in [-0.15, -0.1) is 0 Å². The van der Waals surface area contributed by atoms with Crippen LogP contribution in [0.25, 0.3) is 0 Å². The molecule has 0 aliphatic rings. The number of hydrogen-bond donors (Lipinski definition) is 2. The summed E-state index contributed by atoms with van der Waals surface area (Å²) in [5, 5.41) is 17.3. The van der Waals surface area contributed by atoms with Crippen molar-refractivity contribution in [1.29, 1.82) is 0 Å². The van der Waals surface area contributed by atoms with E-state index in [-0.39, 0.29) is 16.1 Å². The summed E-state index contributed by atoms with van der Waals surface area (Å²) in [4.78, 5) is 10.5. The first kappa shape index (κ1) is 14.4. The Morgan fingerprint density at radius 1 is 1.28 bits per heavy atom. The van der Waals surface area contributed by atoms with Crippen molar-refractivity contribution in [3.05, 3.63) is 33.9 Å². The topological polar surface area (TPSA) is 67.2 Å². The Bertz CT molecular complexity index is 425. The third kappa shape index (κ3) is 4.71. The van der Waals surface area contributed by atoms with Gasteiger partial charge in [0, 0.05) is 24.7 Å². The van der Waals surface area contributed by atoms with Crippen LogP contribution in [0.15, 0.2) is 18.2 Å². The van der Waals surface area contributed by atoms with Gasteiger partial charge in [-0.25, -0.2) is 0 Å². The monoisotopic (exact) mass is 251 g/mol. The van der Waals surface area contributed by atoms with Crippen LogP contribution in [0.2, 0.25) is 0 Å². The maximum atomic E-state index is 10.9. The molecule has 0 atom stereocenters. The van der Waals surface area contributed by atoms with Gasteiger partial charge in [0.15, 0.2) is 0 Å². The number of anilines is 1. The van der Waals surface area contributed by atoms with Gasteiger partial charge in [-0.1, -0.05) is 6.07 Å². The molecule has 0 saturated heterocycles. The highest BCUT2D eigenvalue weighted by atomic mass is 16.6. The Labute approximate surface area is 108 Å². The highest BCUT2D eigenvalue weighted by Crippen LogP contribution is 2.24. The average Bonchev–Trinajstić information content (AvgIpc) is 2.22. The van der Waals surface area contributed by atoms with Crippen LogP contribution in [0.3, 0.4) is 0 Å². The zero-order chi connectivity index (χ0) is 13.8. The molecule has 1 aromatic carbocycles. The van der Waals surface area contributed by atoms with Crippen LogP contribution in [0.5, 0.6) is 0 Å². The quantitative estimate of drug-likeness (QED) is 0.479. The largest absolute Gasteiger partial charge is 0.378 e. The molecule has 0 saturated carbocycles. The fraction of sp³-hybridized carbons (Fsp3) is 0.538. The molecule has 100 valence electrons. The zero-order valence-electron chi connectivity index (χ0n) is 11.4. The number of aryl methyl sites for hydroxylation is 1. The van der Waals surface area contributed by atoms with Gasteiger partial charge < -0.3 is 10.6 Å². The second-order valence-corrected chi connectivity index (χ2v) is 5.38. The summed E-state index contributed by atoms with van der Waals surface area (Å²) in [6.07, 6.45) is 0. The number of nitrogens with one attached hydrogen (secondary N) is 2. The molecule has 0 fully saturated rings. The molecule has 5 nitrogen and oxygen atoms in total. The Kier molecular flexibility index (Phi) is 4.67. The summed E-state index contributed by atoms with van der Waals surface area (Å²) < 4.78 is 0. The predicted octanol–water partition coefficient (Wildman–Crippen LogP) is 2.70. The van der Waals surface area contributed by atoms with E-state index in [1.807, 2.05) is 6.92 Å². The molecule has 0 unspecified atom stereocenters. The zero-order valence-corrected chi connectivity index (χ0v) is 11.4. The van der Waals surface area contributed by atoms with Crippen LogP contribution in [0.4, 0.5) is 11.4 Å². The SMILES string of the molecule is Cc1ccc([N+](=O)[O-])c(NCCNC(C)(C)C)c1. The minimum Gasteiger partial charge on any atom is -0.378 e. The van der Waals surface area contributed by atoms with Gasteiger partial charge in [-0.3, -0.25) is 10.1 Å².